The number of hydrogen-bond donors (Lipinski definition) is 2. The summed E-state index contributed by atoms with van der Waals surface area (Å²) in [4.78, 5) is 17.3. The van der Waals surface area contributed by atoms with Crippen molar-refractivity contribution in [2.24, 2.45) is 17.8 Å². The molecule has 4 rings (SSSR count). The van der Waals surface area contributed by atoms with E-state index >= 15 is 0 Å². The van der Waals surface area contributed by atoms with Crippen LogP contribution in [0.25, 0.3) is 0 Å². The van der Waals surface area contributed by atoms with Gasteiger partial charge in [-0.3, -0.25) is 4.79 Å². The van der Waals surface area contributed by atoms with Gasteiger partial charge in [0.25, 0.3) is 6.43 Å². The number of fused-ring (bicyclic) bond motifs is 1. The zero-order chi connectivity index (χ0) is 18.4. The first-order valence-corrected chi connectivity index (χ1v) is 8.94. The summed E-state index contributed by atoms with van der Waals surface area (Å²) in [5.41, 5.74) is -0.370. The molecule has 2 atom stereocenters. The highest BCUT2D eigenvalue weighted by Crippen LogP contribution is 2.54. The number of carbonyl (C=O) groups is 1. The Morgan fingerprint density at radius 3 is 2.62 bits per heavy atom. The largest absolute Gasteiger partial charge is 0.481 e. The number of aliphatic carboxylic acids is 1. The molecule has 1 aromatic heterocycles. The lowest BCUT2D eigenvalue weighted by atomic mass is 9.93. The van der Waals surface area contributed by atoms with Crippen LogP contribution in [0.15, 0.2) is 6.07 Å². The molecule has 2 unspecified atom stereocenters. The normalized spacial score (nSPS) is 27.0. The van der Waals surface area contributed by atoms with Crippen molar-refractivity contribution in [2.45, 2.75) is 38.2 Å². The van der Waals surface area contributed by atoms with Crippen molar-refractivity contribution in [1.82, 2.24) is 4.98 Å². The Bertz CT molecular complexity index is 763. The number of halogens is 2. The van der Waals surface area contributed by atoms with E-state index in [0.717, 1.165) is 19.3 Å². The Hall–Kier alpha value is -2.43. The molecule has 0 amide bonds. The fourth-order valence-electron chi connectivity index (χ4n) is 4.19. The summed E-state index contributed by atoms with van der Waals surface area (Å²) >= 11 is 0. The van der Waals surface area contributed by atoms with E-state index in [0.29, 0.717) is 30.7 Å². The van der Waals surface area contributed by atoms with Crippen LogP contribution in [-0.4, -0.2) is 35.2 Å². The molecule has 2 saturated carbocycles. The van der Waals surface area contributed by atoms with Gasteiger partial charge in [-0.05, 0) is 43.1 Å². The second kappa shape index (κ2) is 6.38. The minimum absolute atomic E-state index is 0.0799. The maximum Gasteiger partial charge on any atom is 0.303 e. The lowest BCUT2D eigenvalue weighted by Crippen LogP contribution is -2.30. The predicted molar refractivity (Wildman–Crippen MR) is 90.1 cm³/mol. The average molecular weight is 362 g/mol. The highest BCUT2D eigenvalue weighted by Gasteiger charge is 2.56. The second-order valence-electron chi connectivity index (χ2n) is 7.47. The van der Waals surface area contributed by atoms with Crippen LogP contribution in [0.1, 0.15) is 43.2 Å². The topological polar surface area (TPSA) is 89.2 Å². The molecule has 0 aromatic carbocycles. The van der Waals surface area contributed by atoms with E-state index in [4.69, 9.17) is 5.11 Å². The number of nitrogens with one attached hydrogen (secondary N) is 1. The van der Waals surface area contributed by atoms with Crippen LogP contribution in [0, 0.1) is 29.1 Å². The lowest BCUT2D eigenvalue weighted by Gasteiger charge is -2.29. The first kappa shape index (κ1) is 17.0. The molecule has 0 radical (unpaired) electrons. The van der Waals surface area contributed by atoms with Gasteiger partial charge in [0, 0.05) is 31.1 Å². The van der Waals surface area contributed by atoms with E-state index in [-0.39, 0.29) is 35.3 Å². The molecule has 8 heteroatoms. The molecular formula is C18H20F2N4O2. The fraction of sp³-hybridized carbons (Fsp3) is 0.611. The van der Waals surface area contributed by atoms with Crippen molar-refractivity contribution < 1.29 is 18.7 Å². The number of alkyl halides is 2. The molecule has 1 aromatic rings. The zero-order valence-electron chi connectivity index (χ0n) is 14.2. The van der Waals surface area contributed by atoms with Crippen molar-refractivity contribution in [2.75, 3.05) is 23.3 Å². The highest BCUT2D eigenvalue weighted by molar-refractivity contribution is 5.68. The Balaban J connectivity index is 1.57. The second-order valence-corrected chi connectivity index (χ2v) is 7.47. The van der Waals surface area contributed by atoms with Gasteiger partial charge in [-0.1, -0.05) is 0 Å². The van der Waals surface area contributed by atoms with E-state index in [2.05, 4.69) is 10.3 Å². The van der Waals surface area contributed by atoms with Crippen LogP contribution < -0.4 is 10.2 Å². The van der Waals surface area contributed by atoms with Crippen LogP contribution in [0.3, 0.4) is 0 Å². The molecule has 6 nitrogen and oxygen atoms in total. The third-order valence-corrected chi connectivity index (χ3v) is 5.94. The summed E-state index contributed by atoms with van der Waals surface area (Å²) in [7, 11) is 0. The Labute approximate surface area is 149 Å². The molecule has 3 aliphatic rings. The van der Waals surface area contributed by atoms with Crippen LogP contribution in [0.5, 0.6) is 0 Å². The summed E-state index contributed by atoms with van der Waals surface area (Å²) < 4.78 is 27.0. The van der Waals surface area contributed by atoms with Gasteiger partial charge >= 0.3 is 5.97 Å². The molecule has 0 bridgehead atoms. The first-order valence-electron chi connectivity index (χ1n) is 8.94. The minimum Gasteiger partial charge on any atom is -0.481 e. The number of carboxylic acid groups (broad SMARTS) is 1. The van der Waals surface area contributed by atoms with E-state index in [1.807, 2.05) is 11.0 Å². The van der Waals surface area contributed by atoms with Crippen molar-refractivity contribution in [3.8, 4) is 6.07 Å². The number of aromatic nitrogens is 1. The third kappa shape index (κ3) is 2.96. The number of piperidine rings is 1. The van der Waals surface area contributed by atoms with E-state index in [9.17, 15) is 18.8 Å². The fourth-order valence-corrected chi connectivity index (χ4v) is 4.19. The molecule has 0 spiro atoms. The number of hydrogen-bond acceptors (Lipinski definition) is 5. The van der Waals surface area contributed by atoms with Gasteiger partial charge in [-0.15, -0.1) is 0 Å². The Morgan fingerprint density at radius 1 is 1.42 bits per heavy atom. The van der Waals surface area contributed by atoms with Crippen LogP contribution >= 0.6 is 0 Å². The minimum atomic E-state index is -2.75. The molecular weight excluding hydrogens is 342 g/mol. The van der Waals surface area contributed by atoms with Gasteiger partial charge in [0.1, 0.15) is 23.3 Å². The maximum absolute atomic E-state index is 13.5. The maximum atomic E-state index is 13.5. The summed E-state index contributed by atoms with van der Waals surface area (Å²) in [6.45, 7) is 1.26. The Morgan fingerprint density at radius 2 is 2.12 bits per heavy atom. The molecule has 138 valence electrons. The molecule has 2 aliphatic carbocycles. The average Bonchev–Trinajstić information content (AvgIpc) is 3.00. The van der Waals surface area contributed by atoms with Gasteiger partial charge in [0.2, 0.25) is 0 Å². The zero-order valence-corrected chi connectivity index (χ0v) is 14.2. The van der Waals surface area contributed by atoms with Gasteiger partial charge in [-0.2, -0.15) is 5.26 Å². The number of rotatable bonds is 6. The standard InChI is InChI=1S/C18H20F2N4O2/c19-17(20)11-4-15(23-18(12(11)6-21)22-9-2-1-3-9)24-7-13-10(5-16(25)26)14(13)8-24/h4,9-10,13-14,17H,1-3,5,7-8H2,(H,22,23)(H,25,26). The van der Waals surface area contributed by atoms with Crippen LogP contribution in [-0.2, 0) is 4.79 Å². The molecule has 2 N–H and O–H groups in total. The predicted octanol–water partition coefficient (Wildman–Crippen LogP) is 3.01. The lowest BCUT2D eigenvalue weighted by molar-refractivity contribution is -0.137. The smallest absolute Gasteiger partial charge is 0.303 e. The van der Waals surface area contributed by atoms with Crippen molar-refractivity contribution in [1.29, 1.82) is 5.26 Å². The molecule has 3 fully saturated rings. The van der Waals surface area contributed by atoms with Crippen molar-refractivity contribution in [3.05, 3.63) is 17.2 Å². The summed E-state index contributed by atoms with van der Waals surface area (Å²) in [6, 6.07) is 3.37. The van der Waals surface area contributed by atoms with Crippen LogP contribution in [0.4, 0.5) is 20.4 Å². The first-order chi connectivity index (χ1) is 12.5. The Kier molecular flexibility index (Phi) is 4.17. The third-order valence-electron chi connectivity index (χ3n) is 5.94. The van der Waals surface area contributed by atoms with Gasteiger partial charge < -0.3 is 15.3 Å². The molecule has 26 heavy (non-hydrogen) atoms. The quantitative estimate of drug-likeness (QED) is 0.809. The van der Waals surface area contributed by atoms with Crippen LogP contribution in [0.2, 0.25) is 0 Å². The SMILES string of the molecule is N#Cc1c(C(F)F)cc(N2CC3C(CC(=O)O)C3C2)nc1NC1CCC1. The number of pyridine rings is 1. The number of anilines is 2. The van der Waals surface area contributed by atoms with Gasteiger partial charge in [0.05, 0.1) is 0 Å². The van der Waals surface area contributed by atoms with Crippen molar-refractivity contribution in [3.63, 3.8) is 0 Å². The van der Waals surface area contributed by atoms with Gasteiger partial charge in [0.15, 0.2) is 0 Å². The highest BCUT2D eigenvalue weighted by atomic mass is 19.3. The van der Waals surface area contributed by atoms with Crippen molar-refractivity contribution >= 4 is 17.6 Å². The van der Waals surface area contributed by atoms with E-state index in [1.54, 1.807) is 0 Å². The molecule has 1 aliphatic heterocycles. The summed E-state index contributed by atoms with van der Waals surface area (Å²) in [5.74, 6) is 0.668. The summed E-state index contributed by atoms with van der Waals surface area (Å²) in [5, 5.41) is 21.4. The van der Waals surface area contributed by atoms with E-state index < -0.39 is 12.4 Å². The molecule has 2 heterocycles. The summed E-state index contributed by atoms with van der Waals surface area (Å²) in [6.07, 6.45) is 0.407. The monoisotopic (exact) mass is 362 g/mol. The number of nitriles is 1. The molecule has 1 saturated heterocycles. The van der Waals surface area contributed by atoms with Gasteiger partial charge in [-0.25, -0.2) is 13.8 Å². The number of carboxylic acids is 1. The number of nitrogens with zero attached hydrogens (tertiary/aromatic N) is 3. The van der Waals surface area contributed by atoms with E-state index in [1.165, 1.54) is 6.07 Å².